The molecule has 14 heavy (non-hydrogen) atoms. The summed E-state index contributed by atoms with van der Waals surface area (Å²) in [6.07, 6.45) is 1.62. The van der Waals surface area contributed by atoms with E-state index in [1.165, 1.54) is 0 Å². The van der Waals surface area contributed by atoms with Crippen LogP contribution in [0.25, 0.3) is 0 Å². The molecule has 1 aliphatic heterocycles. The monoisotopic (exact) mass is 194 g/mol. The third-order valence-corrected chi connectivity index (χ3v) is 2.61. The topological polar surface area (TPSA) is 69.8 Å². The summed E-state index contributed by atoms with van der Waals surface area (Å²) in [6, 6.07) is 1.74. The van der Waals surface area contributed by atoms with E-state index < -0.39 is 0 Å². The van der Waals surface area contributed by atoms with Crippen molar-refractivity contribution in [1.82, 2.24) is 15.5 Å². The van der Waals surface area contributed by atoms with E-state index in [1.54, 1.807) is 12.3 Å². The number of amides is 1. The molecule has 76 valence electrons. The maximum absolute atomic E-state index is 11.7. The highest BCUT2D eigenvalue weighted by Crippen LogP contribution is 2.17. The van der Waals surface area contributed by atoms with Crippen LogP contribution >= 0.6 is 0 Å². The second-order valence-electron chi connectivity index (χ2n) is 3.70. The number of H-pyrrole nitrogens is 1. The van der Waals surface area contributed by atoms with E-state index in [1.807, 2.05) is 0 Å². The van der Waals surface area contributed by atoms with Gasteiger partial charge in [0.1, 0.15) is 5.82 Å². The molecule has 0 aliphatic carbocycles. The van der Waals surface area contributed by atoms with Crippen LogP contribution in [-0.4, -0.2) is 29.2 Å². The lowest BCUT2D eigenvalue weighted by atomic mass is 9.97. The molecule has 0 unspecified atom stereocenters. The van der Waals surface area contributed by atoms with Gasteiger partial charge in [-0.3, -0.25) is 9.89 Å². The van der Waals surface area contributed by atoms with Gasteiger partial charge in [-0.2, -0.15) is 5.10 Å². The molecule has 2 heterocycles. The zero-order valence-electron chi connectivity index (χ0n) is 8.08. The minimum absolute atomic E-state index is 0.0618. The zero-order valence-corrected chi connectivity index (χ0v) is 8.08. The van der Waals surface area contributed by atoms with Gasteiger partial charge in [0, 0.05) is 12.6 Å². The van der Waals surface area contributed by atoms with Crippen molar-refractivity contribution in [3.63, 3.8) is 0 Å². The van der Waals surface area contributed by atoms with Crippen molar-refractivity contribution in [2.75, 3.05) is 18.4 Å². The molecule has 1 aromatic heterocycles. The first-order valence-electron chi connectivity index (χ1n) is 4.78. The number of nitrogens with zero attached hydrogens (tertiary/aromatic N) is 1. The average Bonchev–Trinajstić information content (AvgIpc) is 2.75. The summed E-state index contributed by atoms with van der Waals surface area (Å²) in [5.74, 6) is 1.19. The molecule has 3 N–H and O–H groups in total. The van der Waals surface area contributed by atoms with E-state index in [0.717, 1.165) is 13.1 Å². The average molecular weight is 194 g/mol. The highest BCUT2D eigenvalue weighted by atomic mass is 16.2. The number of anilines is 1. The van der Waals surface area contributed by atoms with Crippen molar-refractivity contribution in [3.05, 3.63) is 12.3 Å². The smallest absolute Gasteiger partial charge is 0.230 e. The van der Waals surface area contributed by atoms with Crippen LogP contribution in [0.5, 0.6) is 0 Å². The molecular formula is C9H14N4O. The number of rotatable bonds is 2. The highest BCUT2D eigenvalue weighted by molar-refractivity contribution is 5.92. The van der Waals surface area contributed by atoms with Crippen molar-refractivity contribution in [2.24, 2.45) is 11.8 Å². The lowest BCUT2D eigenvalue weighted by Gasteiger charge is -2.12. The molecule has 0 aromatic carbocycles. The summed E-state index contributed by atoms with van der Waals surface area (Å²) in [7, 11) is 0. The highest BCUT2D eigenvalue weighted by Gasteiger charge is 2.29. The number of hydrogen-bond acceptors (Lipinski definition) is 3. The van der Waals surface area contributed by atoms with Gasteiger partial charge < -0.3 is 10.6 Å². The Kier molecular flexibility index (Phi) is 2.49. The van der Waals surface area contributed by atoms with Crippen molar-refractivity contribution in [2.45, 2.75) is 6.92 Å². The molecule has 2 rings (SSSR count). The van der Waals surface area contributed by atoms with Crippen LogP contribution in [0.4, 0.5) is 5.82 Å². The fourth-order valence-electron chi connectivity index (χ4n) is 1.71. The predicted octanol–water partition coefficient (Wildman–Crippen LogP) is 0.204. The maximum atomic E-state index is 11.7. The van der Waals surface area contributed by atoms with Gasteiger partial charge >= 0.3 is 0 Å². The van der Waals surface area contributed by atoms with Crippen molar-refractivity contribution >= 4 is 11.7 Å². The van der Waals surface area contributed by atoms with Crippen LogP contribution in [0.2, 0.25) is 0 Å². The molecule has 0 saturated carbocycles. The Hall–Kier alpha value is -1.36. The fraction of sp³-hybridized carbons (Fsp3) is 0.556. The number of aromatic nitrogens is 2. The minimum Gasteiger partial charge on any atom is -0.316 e. The second-order valence-corrected chi connectivity index (χ2v) is 3.70. The summed E-state index contributed by atoms with van der Waals surface area (Å²) >= 11 is 0. The predicted molar refractivity (Wildman–Crippen MR) is 52.7 cm³/mol. The Morgan fingerprint density at radius 3 is 3.07 bits per heavy atom. The normalized spacial score (nSPS) is 26.4. The van der Waals surface area contributed by atoms with Crippen LogP contribution in [0.15, 0.2) is 12.3 Å². The molecule has 5 heteroatoms. The van der Waals surface area contributed by atoms with Gasteiger partial charge in [0.2, 0.25) is 5.91 Å². The number of carbonyl (C=O) groups is 1. The van der Waals surface area contributed by atoms with Crippen LogP contribution in [0.1, 0.15) is 6.92 Å². The van der Waals surface area contributed by atoms with Gasteiger partial charge in [-0.25, -0.2) is 0 Å². The summed E-state index contributed by atoms with van der Waals surface area (Å²) in [5, 5.41) is 12.5. The number of hydrogen-bond donors (Lipinski definition) is 3. The summed E-state index contributed by atoms with van der Waals surface area (Å²) in [5.41, 5.74) is 0. The zero-order chi connectivity index (χ0) is 9.97. The van der Waals surface area contributed by atoms with Gasteiger partial charge in [-0.05, 0) is 12.5 Å². The molecule has 0 bridgehead atoms. The van der Waals surface area contributed by atoms with E-state index in [9.17, 15) is 4.79 Å². The largest absolute Gasteiger partial charge is 0.316 e. The maximum Gasteiger partial charge on any atom is 0.230 e. The fourth-order valence-corrected chi connectivity index (χ4v) is 1.71. The van der Waals surface area contributed by atoms with Gasteiger partial charge in [0.25, 0.3) is 0 Å². The van der Waals surface area contributed by atoms with E-state index in [-0.39, 0.29) is 11.8 Å². The molecule has 1 amide bonds. The molecular weight excluding hydrogens is 180 g/mol. The molecule has 1 aliphatic rings. The van der Waals surface area contributed by atoms with E-state index in [0.29, 0.717) is 11.7 Å². The molecule has 0 radical (unpaired) electrons. The van der Waals surface area contributed by atoms with Gasteiger partial charge in [-0.15, -0.1) is 0 Å². The Balaban J connectivity index is 1.95. The van der Waals surface area contributed by atoms with Gasteiger partial charge in [0.05, 0.1) is 12.1 Å². The SMILES string of the molecule is C[C@@H]1CNC[C@H]1C(=O)Nc1ccn[nH]1. The summed E-state index contributed by atoms with van der Waals surface area (Å²) in [4.78, 5) is 11.7. The number of aromatic amines is 1. The van der Waals surface area contributed by atoms with Crippen molar-refractivity contribution in [1.29, 1.82) is 0 Å². The van der Waals surface area contributed by atoms with E-state index in [4.69, 9.17) is 0 Å². The first kappa shape index (κ1) is 9.21. The van der Waals surface area contributed by atoms with Crippen molar-refractivity contribution in [3.8, 4) is 0 Å². The standard InChI is InChI=1S/C9H14N4O/c1-6-4-10-5-7(6)9(14)12-8-2-3-11-13-8/h2-3,6-7,10H,4-5H2,1H3,(H2,11,12,13,14)/t6-,7-/m1/s1. The molecule has 1 aromatic rings. The summed E-state index contributed by atoms with van der Waals surface area (Å²) < 4.78 is 0. The van der Waals surface area contributed by atoms with Crippen LogP contribution in [0.3, 0.4) is 0 Å². The Labute approximate surface area is 82.3 Å². The van der Waals surface area contributed by atoms with Crippen LogP contribution in [0, 0.1) is 11.8 Å². The second kappa shape index (κ2) is 3.79. The lowest BCUT2D eigenvalue weighted by molar-refractivity contribution is -0.120. The number of carbonyl (C=O) groups excluding carboxylic acids is 1. The number of nitrogens with one attached hydrogen (secondary N) is 3. The van der Waals surface area contributed by atoms with E-state index in [2.05, 4.69) is 27.8 Å². The quantitative estimate of drug-likeness (QED) is 0.630. The van der Waals surface area contributed by atoms with Gasteiger partial charge in [-0.1, -0.05) is 6.92 Å². The molecule has 5 nitrogen and oxygen atoms in total. The molecule has 0 spiro atoms. The lowest BCUT2D eigenvalue weighted by Crippen LogP contribution is -2.27. The van der Waals surface area contributed by atoms with Crippen molar-refractivity contribution < 1.29 is 4.79 Å². The first-order chi connectivity index (χ1) is 6.77. The van der Waals surface area contributed by atoms with Crippen LogP contribution < -0.4 is 10.6 Å². The Bertz CT molecular complexity index is 309. The summed E-state index contributed by atoms with van der Waals surface area (Å²) in [6.45, 7) is 3.76. The molecule has 1 fully saturated rings. The Morgan fingerprint density at radius 1 is 1.64 bits per heavy atom. The van der Waals surface area contributed by atoms with Gasteiger partial charge in [0.15, 0.2) is 0 Å². The first-order valence-corrected chi connectivity index (χ1v) is 4.78. The Morgan fingerprint density at radius 2 is 2.50 bits per heavy atom. The third-order valence-electron chi connectivity index (χ3n) is 2.61. The molecule has 1 saturated heterocycles. The molecule has 2 atom stereocenters. The third kappa shape index (κ3) is 1.77. The minimum atomic E-state index is 0.0618. The van der Waals surface area contributed by atoms with Crippen LogP contribution in [-0.2, 0) is 4.79 Å². The van der Waals surface area contributed by atoms with E-state index >= 15 is 0 Å².